The van der Waals surface area contributed by atoms with E-state index in [1.54, 1.807) is 4.90 Å². The highest BCUT2D eigenvalue weighted by Crippen LogP contribution is 2.44. The zero-order valence-electron chi connectivity index (χ0n) is 19.9. The van der Waals surface area contributed by atoms with Gasteiger partial charge in [0, 0.05) is 25.4 Å². The third-order valence-corrected chi connectivity index (χ3v) is 6.75. The summed E-state index contributed by atoms with van der Waals surface area (Å²) in [5, 5.41) is 11.6. The molecule has 0 spiro atoms. The molecule has 180 valence electrons. The van der Waals surface area contributed by atoms with Crippen LogP contribution in [0.1, 0.15) is 50.7 Å². The van der Waals surface area contributed by atoms with Crippen molar-refractivity contribution in [2.75, 3.05) is 19.7 Å². The van der Waals surface area contributed by atoms with Gasteiger partial charge >= 0.3 is 12.1 Å². The fourth-order valence-electron chi connectivity index (χ4n) is 4.85. The van der Waals surface area contributed by atoms with Crippen LogP contribution in [-0.2, 0) is 14.3 Å². The van der Waals surface area contributed by atoms with E-state index in [2.05, 4.69) is 29.6 Å². The maximum atomic E-state index is 13.1. The van der Waals surface area contributed by atoms with E-state index in [1.807, 2.05) is 45.0 Å². The van der Waals surface area contributed by atoms with Gasteiger partial charge in [-0.1, -0.05) is 69.3 Å². The van der Waals surface area contributed by atoms with E-state index < -0.39 is 23.5 Å². The smallest absolute Gasteiger partial charge is 0.407 e. The number of nitrogens with zero attached hydrogens (tertiary/aromatic N) is 1. The van der Waals surface area contributed by atoms with Crippen molar-refractivity contribution in [2.45, 2.75) is 45.6 Å². The summed E-state index contributed by atoms with van der Waals surface area (Å²) in [4.78, 5) is 38.4. The van der Waals surface area contributed by atoms with E-state index in [0.717, 1.165) is 22.3 Å². The molecule has 1 aliphatic heterocycles. The lowest BCUT2D eigenvalue weighted by atomic mass is 9.84. The standard InChI is InChI=1S/C27H32N2O5/c1-27(2,3)24(25(32)29-14-17(15-29)12-13-23(30)31)28-26(33)34-16-22-20-10-6-4-8-18(20)19-9-5-7-11-21(19)22/h4-11,17,22,24H,12-16H2,1-3H3,(H,28,33)(H,30,31). The van der Waals surface area contributed by atoms with Crippen molar-refractivity contribution in [3.63, 3.8) is 0 Å². The van der Waals surface area contributed by atoms with Crippen LogP contribution in [0.25, 0.3) is 11.1 Å². The Hall–Kier alpha value is -3.35. The van der Waals surface area contributed by atoms with Crippen LogP contribution in [0.2, 0.25) is 0 Å². The molecule has 2 aromatic carbocycles. The van der Waals surface area contributed by atoms with Crippen LogP contribution in [0, 0.1) is 11.3 Å². The van der Waals surface area contributed by atoms with Gasteiger partial charge in [0.1, 0.15) is 12.6 Å². The molecule has 2 aromatic rings. The molecule has 4 rings (SSSR count). The van der Waals surface area contributed by atoms with Gasteiger partial charge in [0.05, 0.1) is 0 Å². The number of amides is 2. The molecular weight excluding hydrogens is 432 g/mol. The van der Waals surface area contributed by atoms with E-state index in [0.29, 0.717) is 19.5 Å². The molecule has 2 amide bonds. The first-order chi connectivity index (χ1) is 16.1. The maximum Gasteiger partial charge on any atom is 0.407 e. The summed E-state index contributed by atoms with van der Waals surface area (Å²) in [6.07, 6.45) is 0.0463. The molecule has 7 heteroatoms. The second kappa shape index (κ2) is 9.49. The quantitative estimate of drug-likeness (QED) is 0.638. The first-order valence-electron chi connectivity index (χ1n) is 11.8. The van der Waals surface area contributed by atoms with Gasteiger partial charge in [0.25, 0.3) is 0 Å². The molecule has 1 aliphatic carbocycles. The third-order valence-electron chi connectivity index (χ3n) is 6.75. The van der Waals surface area contributed by atoms with Gasteiger partial charge in [0.2, 0.25) is 5.91 Å². The first kappa shape index (κ1) is 23.8. The Morgan fingerprint density at radius 3 is 2.12 bits per heavy atom. The molecule has 0 saturated carbocycles. The van der Waals surface area contributed by atoms with Gasteiger partial charge in [-0.05, 0) is 40.0 Å². The van der Waals surface area contributed by atoms with Gasteiger partial charge < -0.3 is 20.1 Å². The number of nitrogens with one attached hydrogen (secondary N) is 1. The maximum absolute atomic E-state index is 13.1. The number of likely N-dealkylation sites (tertiary alicyclic amines) is 1. The van der Waals surface area contributed by atoms with Crippen molar-refractivity contribution in [1.29, 1.82) is 0 Å². The van der Waals surface area contributed by atoms with Crippen molar-refractivity contribution in [3.05, 3.63) is 59.7 Å². The summed E-state index contributed by atoms with van der Waals surface area (Å²) < 4.78 is 5.65. The Balaban J connectivity index is 1.37. The second-order valence-corrected chi connectivity index (χ2v) is 10.3. The minimum atomic E-state index is -0.825. The van der Waals surface area contributed by atoms with Gasteiger partial charge in [-0.3, -0.25) is 9.59 Å². The molecule has 1 atom stereocenters. The van der Waals surface area contributed by atoms with E-state index in [-0.39, 0.29) is 30.8 Å². The molecule has 34 heavy (non-hydrogen) atoms. The van der Waals surface area contributed by atoms with Crippen LogP contribution >= 0.6 is 0 Å². The fraction of sp³-hybridized carbons (Fsp3) is 0.444. The number of carboxylic acid groups (broad SMARTS) is 1. The van der Waals surface area contributed by atoms with Crippen molar-refractivity contribution in [1.82, 2.24) is 10.2 Å². The molecular formula is C27H32N2O5. The van der Waals surface area contributed by atoms with Crippen molar-refractivity contribution >= 4 is 18.0 Å². The Bertz CT molecular complexity index is 1040. The molecule has 1 heterocycles. The summed E-state index contributed by atoms with van der Waals surface area (Å²) in [5.41, 5.74) is 4.07. The molecule has 1 fully saturated rings. The lowest BCUT2D eigenvalue weighted by Crippen LogP contribution is -2.60. The van der Waals surface area contributed by atoms with Gasteiger partial charge in [-0.25, -0.2) is 4.79 Å². The number of alkyl carbamates (subject to hydrolysis) is 1. The highest BCUT2D eigenvalue weighted by Gasteiger charge is 2.40. The molecule has 0 radical (unpaired) electrons. The molecule has 1 unspecified atom stereocenters. The number of rotatable bonds is 7. The monoisotopic (exact) mass is 464 g/mol. The molecule has 2 aliphatic rings. The third kappa shape index (κ3) is 4.93. The summed E-state index contributed by atoms with van der Waals surface area (Å²) in [5.74, 6) is -0.843. The fourth-order valence-corrected chi connectivity index (χ4v) is 4.85. The van der Waals surface area contributed by atoms with Crippen molar-refractivity contribution in [3.8, 4) is 11.1 Å². The van der Waals surface area contributed by atoms with Crippen molar-refractivity contribution in [2.24, 2.45) is 11.3 Å². The van der Waals surface area contributed by atoms with E-state index in [1.165, 1.54) is 0 Å². The van der Waals surface area contributed by atoms with Crippen molar-refractivity contribution < 1.29 is 24.2 Å². The number of carboxylic acids is 1. The Morgan fingerprint density at radius 2 is 1.59 bits per heavy atom. The molecule has 0 aromatic heterocycles. The highest BCUT2D eigenvalue weighted by molar-refractivity contribution is 5.87. The average Bonchev–Trinajstić information content (AvgIpc) is 3.07. The van der Waals surface area contributed by atoms with Crippen LogP contribution in [0.4, 0.5) is 4.79 Å². The normalized spacial score (nSPS) is 16.3. The predicted octanol–water partition coefficient (Wildman–Crippen LogP) is 4.26. The van der Waals surface area contributed by atoms with Crippen LogP contribution in [0.5, 0.6) is 0 Å². The van der Waals surface area contributed by atoms with Crippen LogP contribution in [0.15, 0.2) is 48.5 Å². The Kier molecular flexibility index (Phi) is 6.64. The number of fused-ring (bicyclic) bond motifs is 3. The summed E-state index contributed by atoms with van der Waals surface area (Å²) in [6.45, 7) is 6.94. The predicted molar refractivity (Wildman–Crippen MR) is 128 cm³/mol. The van der Waals surface area contributed by atoms with Crippen LogP contribution in [-0.4, -0.2) is 53.7 Å². The Labute approximate surface area is 200 Å². The number of benzene rings is 2. The van der Waals surface area contributed by atoms with Gasteiger partial charge in [-0.2, -0.15) is 0 Å². The summed E-state index contributed by atoms with van der Waals surface area (Å²) >= 11 is 0. The minimum absolute atomic E-state index is 0.0488. The highest BCUT2D eigenvalue weighted by atomic mass is 16.5. The van der Waals surface area contributed by atoms with E-state index >= 15 is 0 Å². The van der Waals surface area contributed by atoms with Crippen LogP contribution in [0.3, 0.4) is 0 Å². The SMILES string of the molecule is CC(C)(C)C(NC(=O)OCC1c2ccccc2-c2ccccc21)C(=O)N1CC(CCC(=O)O)C1. The number of ether oxygens (including phenoxy) is 1. The number of aliphatic carboxylic acids is 1. The topological polar surface area (TPSA) is 95.9 Å². The van der Waals surface area contributed by atoms with E-state index in [9.17, 15) is 14.4 Å². The number of carbonyl (C=O) groups excluding carboxylic acids is 2. The minimum Gasteiger partial charge on any atom is -0.481 e. The average molecular weight is 465 g/mol. The molecule has 7 nitrogen and oxygen atoms in total. The Morgan fingerprint density at radius 1 is 1.03 bits per heavy atom. The lowest BCUT2D eigenvalue weighted by molar-refractivity contribution is -0.143. The molecule has 2 N–H and O–H groups in total. The summed E-state index contributed by atoms with van der Waals surface area (Å²) in [6, 6.07) is 15.6. The molecule has 1 saturated heterocycles. The zero-order valence-corrected chi connectivity index (χ0v) is 19.9. The van der Waals surface area contributed by atoms with Gasteiger partial charge in [0.15, 0.2) is 0 Å². The van der Waals surface area contributed by atoms with Gasteiger partial charge in [-0.15, -0.1) is 0 Å². The largest absolute Gasteiger partial charge is 0.481 e. The molecule has 0 bridgehead atoms. The van der Waals surface area contributed by atoms with Crippen LogP contribution < -0.4 is 5.32 Å². The van der Waals surface area contributed by atoms with E-state index in [4.69, 9.17) is 9.84 Å². The second-order valence-electron chi connectivity index (χ2n) is 10.3. The first-order valence-corrected chi connectivity index (χ1v) is 11.8. The number of carbonyl (C=O) groups is 3. The number of hydrogen-bond donors (Lipinski definition) is 2. The summed E-state index contributed by atoms with van der Waals surface area (Å²) in [7, 11) is 0. The lowest BCUT2D eigenvalue weighted by Gasteiger charge is -2.43. The number of hydrogen-bond acceptors (Lipinski definition) is 4. The zero-order chi connectivity index (χ0) is 24.5.